The van der Waals surface area contributed by atoms with Crippen LogP contribution in [0, 0.1) is 11.6 Å². The highest BCUT2D eigenvalue weighted by atomic mass is 79.9. The maximum absolute atomic E-state index is 13.6. The molecule has 0 aliphatic heterocycles. The normalized spacial score (nSPS) is 12.2. The van der Waals surface area contributed by atoms with E-state index < -0.39 is 17.7 Å². The predicted octanol–water partition coefficient (Wildman–Crippen LogP) is 4.01. The topological polar surface area (TPSA) is 29.5 Å². The number of ether oxygens (including phenoxy) is 1. The Hall–Kier alpha value is -1.46. The second kappa shape index (κ2) is 6.33. The van der Waals surface area contributed by atoms with Crippen molar-refractivity contribution in [3.63, 3.8) is 0 Å². The van der Waals surface area contributed by atoms with Gasteiger partial charge in [0.1, 0.15) is 17.4 Å². The van der Waals surface area contributed by atoms with E-state index >= 15 is 0 Å². The predicted molar refractivity (Wildman–Crippen MR) is 75.7 cm³/mol. The van der Waals surface area contributed by atoms with Crippen LogP contribution in [0.25, 0.3) is 0 Å². The summed E-state index contributed by atoms with van der Waals surface area (Å²) in [7, 11) is 1.52. The van der Waals surface area contributed by atoms with E-state index in [0.29, 0.717) is 11.3 Å². The molecule has 0 aliphatic rings. The van der Waals surface area contributed by atoms with E-state index in [1.54, 1.807) is 18.2 Å². The van der Waals surface area contributed by atoms with Gasteiger partial charge in [0.2, 0.25) is 0 Å². The molecule has 5 heteroatoms. The molecule has 2 aromatic carbocycles. The average molecular weight is 343 g/mol. The fraction of sp³-hybridized carbons (Fsp3) is 0.200. The Morgan fingerprint density at radius 1 is 1.20 bits per heavy atom. The van der Waals surface area contributed by atoms with Crippen molar-refractivity contribution in [1.29, 1.82) is 0 Å². The highest BCUT2D eigenvalue weighted by molar-refractivity contribution is 9.10. The van der Waals surface area contributed by atoms with Gasteiger partial charge in [-0.05, 0) is 42.0 Å². The molecule has 0 heterocycles. The second-order valence-electron chi connectivity index (χ2n) is 4.34. The molecule has 0 spiro atoms. The zero-order chi connectivity index (χ0) is 14.7. The lowest BCUT2D eigenvalue weighted by Gasteiger charge is -2.15. The molecule has 1 N–H and O–H groups in total. The van der Waals surface area contributed by atoms with Crippen molar-refractivity contribution in [3.8, 4) is 5.75 Å². The highest BCUT2D eigenvalue weighted by Gasteiger charge is 2.16. The minimum atomic E-state index is -1.14. The van der Waals surface area contributed by atoms with Gasteiger partial charge < -0.3 is 9.84 Å². The van der Waals surface area contributed by atoms with E-state index in [4.69, 9.17) is 4.74 Å². The highest BCUT2D eigenvalue weighted by Crippen LogP contribution is 2.29. The van der Waals surface area contributed by atoms with Crippen LogP contribution in [0.15, 0.2) is 40.9 Å². The summed E-state index contributed by atoms with van der Waals surface area (Å²) >= 11 is 3.33. The number of rotatable bonds is 4. The van der Waals surface area contributed by atoms with Gasteiger partial charge in [0, 0.05) is 16.5 Å². The van der Waals surface area contributed by atoms with Crippen molar-refractivity contribution in [1.82, 2.24) is 0 Å². The SMILES string of the molecule is COc1ccc(Br)cc1CC(O)c1cc(F)ccc1F. The molecule has 0 radical (unpaired) electrons. The lowest BCUT2D eigenvalue weighted by Crippen LogP contribution is -2.06. The molecule has 0 saturated carbocycles. The maximum atomic E-state index is 13.6. The van der Waals surface area contributed by atoms with Crippen LogP contribution in [-0.2, 0) is 6.42 Å². The Morgan fingerprint density at radius 3 is 2.65 bits per heavy atom. The number of benzene rings is 2. The Labute approximate surface area is 124 Å². The van der Waals surface area contributed by atoms with Gasteiger partial charge in [-0.15, -0.1) is 0 Å². The summed E-state index contributed by atoms with van der Waals surface area (Å²) in [6.07, 6.45) is -1.02. The Kier molecular flexibility index (Phi) is 4.73. The molecule has 0 amide bonds. The number of methoxy groups -OCH3 is 1. The number of aliphatic hydroxyl groups excluding tert-OH is 1. The first-order chi connectivity index (χ1) is 9.51. The summed E-state index contributed by atoms with van der Waals surface area (Å²) in [5, 5.41) is 10.1. The summed E-state index contributed by atoms with van der Waals surface area (Å²) in [5.74, 6) is -0.626. The van der Waals surface area contributed by atoms with E-state index in [-0.39, 0.29) is 12.0 Å². The number of hydrogen-bond donors (Lipinski definition) is 1. The smallest absolute Gasteiger partial charge is 0.129 e. The van der Waals surface area contributed by atoms with Crippen LogP contribution in [0.2, 0.25) is 0 Å². The third kappa shape index (κ3) is 3.35. The van der Waals surface area contributed by atoms with E-state index in [1.165, 1.54) is 7.11 Å². The lowest BCUT2D eigenvalue weighted by molar-refractivity contribution is 0.172. The summed E-state index contributed by atoms with van der Waals surface area (Å²) < 4.78 is 32.8. The van der Waals surface area contributed by atoms with Crippen molar-refractivity contribution in [2.24, 2.45) is 0 Å². The Bertz CT molecular complexity index is 617. The molecular weight excluding hydrogens is 330 g/mol. The van der Waals surface area contributed by atoms with Crippen molar-refractivity contribution >= 4 is 15.9 Å². The summed E-state index contributed by atoms with van der Waals surface area (Å²) in [4.78, 5) is 0. The molecule has 106 valence electrons. The third-order valence-corrected chi connectivity index (χ3v) is 3.47. The van der Waals surface area contributed by atoms with E-state index in [2.05, 4.69) is 15.9 Å². The Balaban J connectivity index is 2.29. The van der Waals surface area contributed by atoms with E-state index in [9.17, 15) is 13.9 Å². The first-order valence-corrected chi connectivity index (χ1v) is 6.76. The summed E-state index contributed by atoms with van der Waals surface area (Å²) in [5.41, 5.74) is 0.644. The monoisotopic (exact) mass is 342 g/mol. The van der Waals surface area contributed by atoms with Crippen molar-refractivity contribution < 1.29 is 18.6 Å². The fourth-order valence-corrected chi connectivity index (χ4v) is 2.40. The maximum Gasteiger partial charge on any atom is 0.129 e. The summed E-state index contributed by atoms with van der Waals surface area (Å²) in [6.45, 7) is 0. The number of hydrogen-bond acceptors (Lipinski definition) is 2. The average Bonchev–Trinajstić information content (AvgIpc) is 2.41. The molecule has 1 atom stereocenters. The van der Waals surface area contributed by atoms with Gasteiger partial charge in [0.05, 0.1) is 13.2 Å². The van der Waals surface area contributed by atoms with Gasteiger partial charge in [0.25, 0.3) is 0 Å². The first-order valence-electron chi connectivity index (χ1n) is 5.96. The Morgan fingerprint density at radius 2 is 1.95 bits per heavy atom. The molecule has 2 nitrogen and oxygen atoms in total. The van der Waals surface area contributed by atoms with Gasteiger partial charge >= 0.3 is 0 Å². The quantitative estimate of drug-likeness (QED) is 0.909. The third-order valence-electron chi connectivity index (χ3n) is 2.97. The van der Waals surface area contributed by atoms with Crippen LogP contribution in [-0.4, -0.2) is 12.2 Å². The molecule has 2 rings (SSSR count). The standard InChI is InChI=1S/C15H13BrF2O2/c1-20-15-5-2-10(16)6-9(15)7-14(19)12-8-11(17)3-4-13(12)18/h2-6,8,14,19H,7H2,1H3. The number of halogens is 3. The summed E-state index contributed by atoms with van der Waals surface area (Å²) in [6, 6.07) is 8.35. The first kappa shape index (κ1) is 14.9. The molecule has 0 saturated heterocycles. The zero-order valence-electron chi connectivity index (χ0n) is 10.7. The van der Waals surface area contributed by atoms with Gasteiger partial charge in [-0.2, -0.15) is 0 Å². The zero-order valence-corrected chi connectivity index (χ0v) is 12.3. The van der Waals surface area contributed by atoms with Gasteiger partial charge in [0.15, 0.2) is 0 Å². The van der Waals surface area contributed by atoms with Crippen LogP contribution in [0.1, 0.15) is 17.2 Å². The van der Waals surface area contributed by atoms with E-state index in [1.807, 2.05) is 0 Å². The van der Waals surface area contributed by atoms with Gasteiger partial charge in [-0.25, -0.2) is 8.78 Å². The molecule has 0 fully saturated rings. The van der Waals surface area contributed by atoms with Gasteiger partial charge in [-0.1, -0.05) is 15.9 Å². The largest absolute Gasteiger partial charge is 0.496 e. The fourth-order valence-electron chi connectivity index (χ4n) is 1.99. The molecule has 20 heavy (non-hydrogen) atoms. The van der Waals surface area contributed by atoms with Crippen LogP contribution < -0.4 is 4.74 Å². The minimum Gasteiger partial charge on any atom is -0.496 e. The van der Waals surface area contributed by atoms with Gasteiger partial charge in [-0.3, -0.25) is 0 Å². The number of aliphatic hydroxyl groups is 1. The van der Waals surface area contributed by atoms with Crippen LogP contribution in [0.4, 0.5) is 8.78 Å². The van der Waals surface area contributed by atoms with Crippen molar-refractivity contribution in [2.45, 2.75) is 12.5 Å². The minimum absolute atomic E-state index is 0.0629. The lowest BCUT2D eigenvalue weighted by atomic mass is 10.00. The molecular formula is C15H13BrF2O2. The van der Waals surface area contributed by atoms with Crippen LogP contribution in [0.3, 0.4) is 0 Å². The van der Waals surface area contributed by atoms with Crippen LogP contribution >= 0.6 is 15.9 Å². The molecule has 2 aromatic rings. The molecule has 0 bridgehead atoms. The van der Waals surface area contributed by atoms with Crippen LogP contribution in [0.5, 0.6) is 5.75 Å². The molecule has 0 aromatic heterocycles. The molecule has 1 unspecified atom stereocenters. The van der Waals surface area contributed by atoms with Crippen molar-refractivity contribution in [2.75, 3.05) is 7.11 Å². The van der Waals surface area contributed by atoms with Crippen molar-refractivity contribution in [3.05, 3.63) is 63.6 Å². The second-order valence-corrected chi connectivity index (χ2v) is 5.26. The molecule has 0 aliphatic carbocycles. The van der Waals surface area contributed by atoms with E-state index in [0.717, 1.165) is 22.7 Å².